The molecule has 0 fully saturated rings. The van der Waals surface area contributed by atoms with Gasteiger partial charge in [-0.15, -0.1) is 0 Å². The Hall–Kier alpha value is -5.36. The monoisotopic (exact) mass is 958 g/mol. The number of ether oxygens (including phenoxy) is 1. The molecule has 2 aromatic rings. The number of aromatic nitrogens is 2. The summed E-state index contributed by atoms with van der Waals surface area (Å²) >= 11 is 0. The number of hydrogen-bond acceptors (Lipinski definition) is 13. The van der Waals surface area contributed by atoms with Crippen molar-refractivity contribution in [1.82, 2.24) is 36.9 Å². The van der Waals surface area contributed by atoms with E-state index in [4.69, 9.17) is 4.74 Å². The summed E-state index contributed by atoms with van der Waals surface area (Å²) in [5.74, 6) is -0.338. The number of Topliss-reactive ketones (excluding diaryl/α,β-unsaturated/α-hetero) is 1. The number of non-ortho nitro benzene ring substituents is 1. The number of carbonyl (C=O) groups excluding carboxylic acids is 6. The number of rotatable bonds is 36. The summed E-state index contributed by atoms with van der Waals surface area (Å²) in [6.07, 6.45) is 12.3. The minimum Gasteiger partial charge on any atom is -0.444 e. The number of fused-ring (bicyclic) bond motifs is 1. The second-order valence-electron chi connectivity index (χ2n) is 19.4. The molecule has 1 aromatic heterocycles. The van der Waals surface area contributed by atoms with Crippen LogP contribution in [0.3, 0.4) is 0 Å². The van der Waals surface area contributed by atoms with E-state index in [9.17, 15) is 38.9 Å². The minimum atomic E-state index is -0.540. The van der Waals surface area contributed by atoms with Crippen LogP contribution in [-0.4, -0.2) is 95.6 Å². The number of nitro benzene ring substituents is 1. The number of alkyl carbamates (subject to hydrolysis) is 1. The molecule has 19 heteroatoms. The third-order valence-corrected chi connectivity index (χ3v) is 12.0. The largest absolute Gasteiger partial charge is 0.444 e. The van der Waals surface area contributed by atoms with Crippen molar-refractivity contribution in [2.45, 2.75) is 170 Å². The Kier molecular flexibility index (Phi) is 28.0. The van der Waals surface area contributed by atoms with Gasteiger partial charge in [0.2, 0.25) is 29.1 Å². The predicted molar refractivity (Wildman–Crippen MR) is 263 cm³/mol. The maximum absolute atomic E-state index is 12.7. The molecule has 0 aliphatic rings. The molecular weight excluding hydrogens is 875 g/mol. The van der Waals surface area contributed by atoms with Gasteiger partial charge in [0.05, 0.1) is 10.6 Å². The van der Waals surface area contributed by atoms with Crippen LogP contribution >= 0.6 is 0 Å². The van der Waals surface area contributed by atoms with E-state index in [1.54, 1.807) is 6.07 Å². The molecule has 384 valence electrons. The van der Waals surface area contributed by atoms with Crippen LogP contribution in [0.25, 0.3) is 11.0 Å². The number of amides is 5. The Morgan fingerprint density at radius 3 is 1.34 bits per heavy atom. The first-order chi connectivity index (χ1) is 32.3. The highest BCUT2D eigenvalue weighted by Crippen LogP contribution is 2.28. The van der Waals surface area contributed by atoms with Crippen LogP contribution in [0, 0.1) is 39.7 Å². The minimum absolute atomic E-state index is 0.0110. The molecule has 5 atom stereocenters. The molecule has 5 amide bonds. The lowest BCUT2D eigenvalue weighted by molar-refractivity contribution is -0.383. The van der Waals surface area contributed by atoms with Gasteiger partial charge in [0.25, 0.3) is 0 Å². The first-order valence-electron chi connectivity index (χ1n) is 25.0. The van der Waals surface area contributed by atoms with Crippen LogP contribution in [-0.2, 0) is 28.7 Å². The number of nitro groups is 1. The van der Waals surface area contributed by atoms with Gasteiger partial charge in [-0.25, -0.2) is 9.42 Å². The highest BCUT2D eigenvalue weighted by atomic mass is 16.6. The molecule has 0 bridgehead atoms. The molecule has 2 rings (SSSR count). The van der Waals surface area contributed by atoms with Crippen LogP contribution in [0.2, 0.25) is 0 Å². The van der Waals surface area contributed by atoms with E-state index in [0.717, 1.165) is 96.3 Å². The molecule has 0 unspecified atom stereocenters. The molecule has 0 saturated heterocycles. The van der Waals surface area contributed by atoms with E-state index in [1.807, 2.05) is 55.4 Å². The van der Waals surface area contributed by atoms with Crippen LogP contribution in [0.4, 0.5) is 16.2 Å². The van der Waals surface area contributed by atoms with E-state index >= 15 is 0 Å². The van der Waals surface area contributed by atoms with Gasteiger partial charge < -0.3 is 36.6 Å². The van der Waals surface area contributed by atoms with E-state index in [-0.39, 0.29) is 75.7 Å². The fourth-order valence-corrected chi connectivity index (χ4v) is 7.49. The Bertz CT molecular complexity index is 1870. The number of ketones is 1. The number of anilines is 1. The molecule has 0 radical (unpaired) electrons. The summed E-state index contributed by atoms with van der Waals surface area (Å²) in [6.45, 7) is 18.3. The molecule has 0 aliphatic carbocycles. The van der Waals surface area contributed by atoms with Crippen LogP contribution < -0.4 is 31.9 Å². The molecule has 1 aromatic carbocycles. The van der Waals surface area contributed by atoms with Crippen LogP contribution in [0.1, 0.15) is 165 Å². The van der Waals surface area contributed by atoms with E-state index in [0.29, 0.717) is 57.8 Å². The van der Waals surface area contributed by atoms with Crippen LogP contribution in [0.5, 0.6) is 0 Å². The second-order valence-corrected chi connectivity index (χ2v) is 19.4. The van der Waals surface area contributed by atoms with E-state index in [1.165, 1.54) is 6.07 Å². The molecule has 0 spiro atoms. The number of hydrogen-bond donors (Lipinski definition) is 6. The SMILES string of the molecule is C[C@@H](CCCCNC(=O)[C@@H](C)CCCCNC(=O)[C@@H](C)CCCCNC(=O)[C@@H](C)CCCCNC(=O)[C@@H](C)CCCCNC(=O)OC(C)(C)C)C(=O)CCCNc1ccc([N+](=O)[O-])c2nonc12. The van der Waals surface area contributed by atoms with Gasteiger partial charge in [-0.05, 0) is 108 Å². The first-order valence-corrected chi connectivity index (χ1v) is 25.0. The Morgan fingerprint density at radius 1 is 0.559 bits per heavy atom. The molecule has 68 heavy (non-hydrogen) atoms. The third-order valence-electron chi connectivity index (χ3n) is 12.0. The summed E-state index contributed by atoms with van der Waals surface area (Å²) in [5, 5.41) is 36.5. The zero-order valence-corrected chi connectivity index (χ0v) is 42.2. The van der Waals surface area contributed by atoms with Gasteiger partial charge in [-0.2, -0.15) is 0 Å². The first kappa shape index (κ1) is 58.8. The van der Waals surface area contributed by atoms with Crippen molar-refractivity contribution in [1.29, 1.82) is 0 Å². The number of nitrogens with one attached hydrogen (secondary N) is 6. The Labute approximate surface area is 403 Å². The summed E-state index contributed by atoms with van der Waals surface area (Å²) in [7, 11) is 0. The van der Waals surface area contributed by atoms with Gasteiger partial charge in [-0.3, -0.25) is 34.1 Å². The quantitative estimate of drug-likeness (QED) is 0.0216. The maximum Gasteiger partial charge on any atom is 0.407 e. The van der Waals surface area contributed by atoms with Gasteiger partial charge >= 0.3 is 11.8 Å². The number of unbranched alkanes of at least 4 members (excludes halogenated alkanes) is 5. The summed E-state index contributed by atoms with van der Waals surface area (Å²) < 4.78 is 9.90. The molecule has 6 N–H and O–H groups in total. The Balaban J connectivity index is 1.41. The summed E-state index contributed by atoms with van der Waals surface area (Å²) in [5.41, 5.74) is 0.195. The van der Waals surface area contributed by atoms with Gasteiger partial charge in [0.1, 0.15) is 11.4 Å². The van der Waals surface area contributed by atoms with Crippen molar-refractivity contribution in [2.24, 2.45) is 29.6 Å². The zero-order chi connectivity index (χ0) is 50.5. The predicted octanol–water partition coefficient (Wildman–Crippen LogP) is 7.91. The van der Waals surface area contributed by atoms with Crippen molar-refractivity contribution < 1.29 is 43.1 Å². The lowest BCUT2D eigenvalue weighted by atomic mass is 9.96. The lowest BCUT2D eigenvalue weighted by Gasteiger charge is -2.19. The zero-order valence-electron chi connectivity index (χ0n) is 42.2. The fraction of sp³-hybridized carbons (Fsp3) is 0.755. The summed E-state index contributed by atoms with van der Waals surface area (Å²) in [6, 6.07) is 2.90. The highest BCUT2D eigenvalue weighted by Gasteiger charge is 2.21. The standard InChI is InChI=1S/C49H83N9O10/c1-34(41(59)25-19-33-50-39-26-27-40(58(65)66)43-42(39)56-68-57-43)20-9-14-28-51-44(60)35(2)21-10-15-29-52-45(61)36(3)22-11-16-30-53-46(62)37(4)23-12-17-31-54-47(63)38(5)24-13-18-32-55-48(64)67-49(6,7)8/h26-27,34-38,50H,9-25,28-33H2,1-8H3,(H,51,60)(H,52,61)(H,53,62)(H,54,63)(H,55,64)/t34-,35-,36-,37-,38-/m0/s1. The second kappa shape index (κ2) is 32.4. The smallest absolute Gasteiger partial charge is 0.407 e. The number of nitrogens with zero attached hydrogens (tertiary/aromatic N) is 3. The van der Waals surface area contributed by atoms with Crippen molar-refractivity contribution in [2.75, 3.05) is 44.6 Å². The van der Waals surface area contributed by atoms with Crippen molar-refractivity contribution >= 4 is 57.9 Å². The number of carbonyl (C=O) groups is 6. The van der Waals surface area contributed by atoms with E-state index < -0.39 is 16.6 Å². The van der Waals surface area contributed by atoms with Crippen molar-refractivity contribution in [3.8, 4) is 0 Å². The maximum atomic E-state index is 12.7. The normalized spacial score (nSPS) is 13.6. The molecule has 19 nitrogen and oxygen atoms in total. The number of benzene rings is 1. The van der Waals surface area contributed by atoms with Crippen molar-refractivity contribution in [3.05, 3.63) is 22.2 Å². The van der Waals surface area contributed by atoms with Gasteiger partial charge in [-0.1, -0.05) is 66.7 Å². The lowest BCUT2D eigenvalue weighted by Crippen LogP contribution is -2.33. The van der Waals surface area contributed by atoms with Crippen molar-refractivity contribution in [3.63, 3.8) is 0 Å². The third kappa shape index (κ3) is 24.6. The average molecular weight is 958 g/mol. The van der Waals surface area contributed by atoms with Gasteiger partial charge in [0.15, 0.2) is 5.52 Å². The molecule has 0 aliphatic heterocycles. The summed E-state index contributed by atoms with van der Waals surface area (Å²) in [4.78, 5) is 85.3. The van der Waals surface area contributed by atoms with E-state index in [2.05, 4.69) is 46.8 Å². The van der Waals surface area contributed by atoms with Crippen LogP contribution in [0.15, 0.2) is 16.8 Å². The Morgan fingerprint density at radius 2 is 0.941 bits per heavy atom. The molecule has 1 heterocycles. The molecular formula is C49H83N9O10. The fourth-order valence-electron chi connectivity index (χ4n) is 7.49. The highest BCUT2D eigenvalue weighted by molar-refractivity contribution is 5.93. The topological polar surface area (TPSA) is 266 Å². The average Bonchev–Trinajstić information content (AvgIpc) is 3.79. The van der Waals surface area contributed by atoms with Gasteiger partial charge in [0, 0.05) is 81.3 Å². The molecule has 0 saturated carbocycles.